The van der Waals surface area contributed by atoms with Crippen molar-refractivity contribution in [2.75, 3.05) is 0 Å². The molecule has 0 bridgehead atoms. The normalized spacial score (nSPS) is 11.7. The first-order chi connectivity index (χ1) is 6.07. The van der Waals surface area contributed by atoms with Crippen molar-refractivity contribution in [1.82, 2.24) is 0 Å². The van der Waals surface area contributed by atoms with Crippen LogP contribution in [0.15, 0.2) is 29.3 Å². The second-order valence-corrected chi connectivity index (χ2v) is 3.37. The molecule has 0 aliphatic heterocycles. The molecule has 78 valence electrons. The molecule has 0 saturated heterocycles. The van der Waals surface area contributed by atoms with Gasteiger partial charge in [-0.3, -0.25) is 0 Å². The third kappa shape index (κ3) is 2.53. The van der Waals surface area contributed by atoms with Crippen molar-refractivity contribution in [3.63, 3.8) is 0 Å². The lowest BCUT2D eigenvalue weighted by Gasteiger charge is -2.09. The summed E-state index contributed by atoms with van der Waals surface area (Å²) in [5, 5.41) is 0. The average Bonchev–Trinajstić information content (AvgIpc) is 2.12. The summed E-state index contributed by atoms with van der Waals surface area (Å²) in [6, 6.07) is 1.63. The monoisotopic (exact) mass is 283 g/mol. The molecule has 0 heterocycles. The molecule has 0 aliphatic rings. The lowest BCUT2D eigenvalue weighted by atomic mass is 10.1. The summed E-state index contributed by atoms with van der Waals surface area (Å²) >= 11 is 2.95. The van der Waals surface area contributed by atoms with E-state index in [1.165, 1.54) is 12.1 Å². The van der Waals surface area contributed by atoms with Crippen molar-refractivity contribution in [3.8, 4) is 0 Å². The van der Waals surface area contributed by atoms with E-state index in [-0.39, 0.29) is 22.4 Å². The standard InChI is InChI=1S/C9H8BrF2N.ClH/c1-2-7(13)8-6(11)4-3-5(10)9(8)12;/h2-4,7H,1,13H2;1H/t7-;/m0./s1. The lowest BCUT2D eigenvalue weighted by Crippen LogP contribution is -2.11. The molecule has 0 radical (unpaired) electrons. The number of halogens is 4. The summed E-state index contributed by atoms with van der Waals surface area (Å²) in [6.45, 7) is 3.38. The van der Waals surface area contributed by atoms with E-state index in [0.29, 0.717) is 0 Å². The molecule has 0 spiro atoms. The molecule has 1 aromatic carbocycles. The fourth-order valence-corrected chi connectivity index (χ4v) is 1.31. The number of hydrogen-bond acceptors (Lipinski definition) is 1. The molecule has 0 saturated carbocycles. The molecule has 1 nitrogen and oxygen atoms in total. The van der Waals surface area contributed by atoms with E-state index in [2.05, 4.69) is 22.5 Å². The van der Waals surface area contributed by atoms with Gasteiger partial charge in [-0.25, -0.2) is 8.78 Å². The van der Waals surface area contributed by atoms with E-state index in [1.54, 1.807) is 0 Å². The third-order valence-electron chi connectivity index (χ3n) is 1.67. The van der Waals surface area contributed by atoms with Gasteiger partial charge in [0.25, 0.3) is 0 Å². The predicted molar refractivity (Wildman–Crippen MR) is 58.4 cm³/mol. The highest BCUT2D eigenvalue weighted by Gasteiger charge is 2.16. The zero-order valence-electron chi connectivity index (χ0n) is 7.14. The van der Waals surface area contributed by atoms with Gasteiger partial charge in [0.15, 0.2) is 0 Å². The van der Waals surface area contributed by atoms with Crippen molar-refractivity contribution in [2.45, 2.75) is 6.04 Å². The van der Waals surface area contributed by atoms with Gasteiger partial charge in [-0.05, 0) is 28.1 Å². The predicted octanol–water partition coefficient (Wildman–Crippen LogP) is 3.33. The van der Waals surface area contributed by atoms with Crippen molar-refractivity contribution in [2.24, 2.45) is 5.73 Å². The molecule has 0 aliphatic carbocycles. The largest absolute Gasteiger partial charge is 0.321 e. The Labute approximate surface area is 95.5 Å². The van der Waals surface area contributed by atoms with E-state index in [0.717, 1.165) is 6.07 Å². The summed E-state index contributed by atoms with van der Waals surface area (Å²) in [5.41, 5.74) is 5.28. The first-order valence-corrected chi connectivity index (χ1v) is 4.38. The topological polar surface area (TPSA) is 26.0 Å². The Morgan fingerprint density at radius 3 is 2.50 bits per heavy atom. The Morgan fingerprint density at radius 2 is 2.00 bits per heavy atom. The van der Waals surface area contributed by atoms with Crippen LogP contribution in [0.25, 0.3) is 0 Å². The summed E-state index contributed by atoms with van der Waals surface area (Å²) in [4.78, 5) is 0. The molecule has 2 N–H and O–H groups in total. The van der Waals surface area contributed by atoms with Crippen molar-refractivity contribution in [1.29, 1.82) is 0 Å². The van der Waals surface area contributed by atoms with Crippen LogP contribution in [0.5, 0.6) is 0 Å². The molecule has 0 unspecified atom stereocenters. The SMILES string of the molecule is C=C[C@H](N)c1c(F)ccc(Br)c1F.Cl. The minimum Gasteiger partial charge on any atom is -0.321 e. The Hall–Kier alpha value is -0.450. The third-order valence-corrected chi connectivity index (χ3v) is 2.28. The van der Waals surface area contributed by atoms with Gasteiger partial charge in [0.2, 0.25) is 0 Å². The van der Waals surface area contributed by atoms with E-state index in [9.17, 15) is 8.78 Å². The second kappa shape index (κ2) is 5.44. The van der Waals surface area contributed by atoms with Gasteiger partial charge < -0.3 is 5.73 Å². The summed E-state index contributed by atoms with van der Waals surface area (Å²) in [6.07, 6.45) is 1.29. The van der Waals surface area contributed by atoms with E-state index in [1.807, 2.05) is 0 Å². The molecule has 14 heavy (non-hydrogen) atoms. The summed E-state index contributed by atoms with van der Waals surface area (Å²) in [5.74, 6) is -1.33. The van der Waals surface area contributed by atoms with Crippen LogP contribution in [0.4, 0.5) is 8.78 Å². The van der Waals surface area contributed by atoms with Crippen LogP contribution in [0, 0.1) is 11.6 Å². The fourth-order valence-electron chi connectivity index (χ4n) is 0.966. The summed E-state index contributed by atoms with van der Waals surface area (Å²) < 4.78 is 26.6. The Balaban J connectivity index is 0.00000169. The van der Waals surface area contributed by atoms with E-state index >= 15 is 0 Å². The van der Waals surface area contributed by atoms with Gasteiger partial charge in [-0.2, -0.15) is 0 Å². The minimum absolute atomic E-state index is 0. The minimum atomic E-state index is -0.822. The number of nitrogens with two attached hydrogens (primary N) is 1. The molecule has 0 fully saturated rings. The highest BCUT2D eigenvalue weighted by atomic mass is 79.9. The van der Waals surface area contributed by atoms with Crippen molar-refractivity contribution >= 4 is 28.3 Å². The quantitative estimate of drug-likeness (QED) is 0.654. The van der Waals surface area contributed by atoms with Crippen LogP contribution < -0.4 is 5.73 Å². The van der Waals surface area contributed by atoms with Crippen molar-refractivity contribution < 1.29 is 8.78 Å². The van der Waals surface area contributed by atoms with E-state index in [4.69, 9.17) is 5.73 Å². The van der Waals surface area contributed by atoms with E-state index < -0.39 is 17.7 Å². The van der Waals surface area contributed by atoms with Crippen LogP contribution in [-0.2, 0) is 0 Å². The maximum absolute atomic E-state index is 13.3. The van der Waals surface area contributed by atoms with Crippen molar-refractivity contribution in [3.05, 3.63) is 46.5 Å². The molecule has 5 heteroatoms. The second-order valence-electron chi connectivity index (χ2n) is 2.52. The average molecular weight is 285 g/mol. The van der Waals surface area contributed by atoms with Gasteiger partial charge in [0, 0.05) is 5.56 Å². The Morgan fingerprint density at radius 1 is 1.43 bits per heavy atom. The lowest BCUT2D eigenvalue weighted by molar-refractivity contribution is 0.542. The maximum atomic E-state index is 13.3. The van der Waals surface area contributed by atoms with Crippen LogP contribution in [0.1, 0.15) is 11.6 Å². The zero-order valence-corrected chi connectivity index (χ0v) is 9.54. The van der Waals surface area contributed by atoms with Gasteiger partial charge >= 0.3 is 0 Å². The molecule has 1 atom stereocenters. The van der Waals surface area contributed by atoms with Crippen LogP contribution in [0.2, 0.25) is 0 Å². The first-order valence-electron chi connectivity index (χ1n) is 3.59. The van der Waals surface area contributed by atoms with Crippen LogP contribution in [0.3, 0.4) is 0 Å². The zero-order chi connectivity index (χ0) is 10.0. The maximum Gasteiger partial charge on any atom is 0.145 e. The molecule has 1 aromatic rings. The molecular weight excluding hydrogens is 275 g/mol. The summed E-state index contributed by atoms with van der Waals surface area (Å²) in [7, 11) is 0. The number of hydrogen-bond donors (Lipinski definition) is 1. The fraction of sp³-hybridized carbons (Fsp3) is 0.111. The van der Waals surface area contributed by atoms with Gasteiger partial charge in [-0.15, -0.1) is 19.0 Å². The molecule has 0 aromatic heterocycles. The first kappa shape index (κ1) is 13.5. The molecule has 0 amide bonds. The highest BCUT2D eigenvalue weighted by Crippen LogP contribution is 2.25. The number of benzene rings is 1. The Bertz CT molecular complexity index is 344. The molecule has 1 rings (SSSR count). The van der Waals surface area contributed by atoms with Crippen LogP contribution in [-0.4, -0.2) is 0 Å². The van der Waals surface area contributed by atoms with Gasteiger partial charge in [-0.1, -0.05) is 6.08 Å². The van der Waals surface area contributed by atoms with Gasteiger partial charge in [0.05, 0.1) is 10.5 Å². The highest BCUT2D eigenvalue weighted by molar-refractivity contribution is 9.10. The number of rotatable bonds is 2. The Kier molecular flexibility index (Phi) is 5.26. The van der Waals surface area contributed by atoms with Gasteiger partial charge in [0.1, 0.15) is 11.6 Å². The molecular formula is C9H9BrClF2N. The van der Waals surface area contributed by atoms with Crippen LogP contribution >= 0.6 is 28.3 Å². The smallest absolute Gasteiger partial charge is 0.145 e.